The zero-order chi connectivity index (χ0) is 13.1. The minimum absolute atomic E-state index is 0.00518. The normalized spacial score (nSPS) is 21.2. The highest BCUT2D eigenvalue weighted by atomic mass is 16.5. The molecule has 1 saturated carbocycles. The Balaban J connectivity index is 2.46. The molecule has 1 fully saturated rings. The van der Waals surface area contributed by atoms with Gasteiger partial charge < -0.3 is 15.8 Å². The van der Waals surface area contributed by atoms with Crippen LogP contribution in [0.3, 0.4) is 0 Å². The van der Waals surface area contributed by atoms with Crippen molar-refractivity contribution >= 4 is 5.91 Å². The lowest BCUT2D eigenvalue weighted by Gasteiger charge is -2.30. The van der Waals surface area contributed by atoms with E-state index in [1.54, 1.807) is 7.11 Å². The molecule has 100 valence electrons. The van der Waals surface area contributed by atoms with Crippen molar-refractivity contribution in [2.24, 2.45) is 5.73 Å². The summed E-state index contributed by atoms with van der Waals surface area (Å²) < 4.78 is 5.36. The summed E-state index contributed by atoms with van der Waals surface area (Å²) in [7, 11) is 1.69. The summed E-state index contributed by atoms with van der Waals surface area (Å²) in [6.07, 6.45) is 4.51. The third kappa shape index (κ3) is 3.96. The molecular weight excluding hydrogens is 216 g/mol. The summed E-state index contributed by atoms with van der Waals surface area (Å²) in [4.78, 5) is 12.1. The van der Waals surface area contributed by atoms with Gasteiger partial charge in [0.1, 0.15) is 0 Å². The molecule has 0 aromatic heterocycles. The van der Waals surface area contributed by atoms with Crippen LogP contribution in [0.15, 0.2) is 0 Å². The Morgan fingerprint density at radius 1 is 1.47 bits per heavy atom. The van der Waals surface area contributed by atoms with Gasteiger partial charge >= 0.3 is 0 Å². The molecular formula is C13H26N2O2. The highest BCUT2D eigenvalue weighted by Crippen LogP contribution is 2.27. The second kappa shape index (κ2) is 5.36. The van der Waals surface area contributed by atoms with Crippen molar-refractivity contribution in [2.75, 3.05) is 7.11 Å². The number of nitrogens with two attached hydrogens (primary N) is 1. The highest BCUT2D eigenvalue weighted by molar-refractivity contribution is 5.86. The second-order valence-corrected chi connectivity index (χ2v) is 5.91. The van der Waals surface area contributed by atoms with E-state index in [0.29, 0.717) is 0 Å². The van der Waals surface area contributed by atoms with E-state index >= 15 is 0 Å². The van der Waals surface area contributed by atoms with Crippen LogP contribution in [0.25, 0.3) is 0 Å². The lowest BCUT2D eigenvalue weighted by Crippen LogP contribution is -2.54. The van der Waals surface area contributed by atoms with Crippen molar-refractivity contribution in [3.05, 3.63) is 0 Å². The Labute approximate surface area is 104 Å². The van der Waals surface area contributed by atoms with Crippen LogP contribution >= 0.6 is 0 Å². The molecule has 3 N–H and O–H groups in total. The fraction of sp³-hybridized carbons (Fsp3) is 0.923. The molecule has 0 saturated heterocycles. The van der Waals surface area contributed by atoms with Gasteiger partial charge in [-0.2, -0.15) is 0 Å². The third-order valence-corrected chi connectivity index (χ3v) is 3.68. The van der Waals surface area contributed by atoms with Gasteiger partial charge in [0, 0.05) is 13.2 Å². The monoisotopic (exact) mass is 242 g/mol. The number of ether oxygens (including phenoxy) is 1. The average Bonchev–Trinajstić information content (AvgIpc) is 2.65. The number of hydrogen-bond donors (Lipinski definition) is 2. The highest BCUT2D eigenvalue weighted by Gasteiger charge is 2.37. The Hall–Kier alpha value is -0.610. The first-order valence-corrected chi connectivity index (χ1v) is 6.44. The van der Waals surface area contributed by atoms with Crippen molar-refractivity contribution in [1.29, 1.82) is 0 Å². The first kappa shape index (κ1) is 14.5. The van der Waals surface area contributed by atoms with E-state index in [9.17, 15) is 4.79 Å². The third-order valence-electron chi connectivity index (χ3n) is 3.68. The van der Waals surface area contributed by atoms with Gasteiger partial charge in [0.25, 0.3) is 0 Å². The molecule has 1 amide bonds. The van der Waals surface area contributed by atoms with Crippen LogP contribution in [0.1, 0.15) is 52.9 Å². The van der Waals surface area contributed by atoms with Gasteiger partial charge in [0.05, 0.1) is 11.1 Å². The maximum atomic E-state index is 12.1. The summed E-state index contributed by atoms with van der Waals surface area (Å²) in [6.45, 7) is 6.03. The molecule has 17 heavy (non-hydrogen) atoms. The van der Waals surface area contributed by atoms with E-state index in [1.807, 2.05) is 20.8 Å². The zero-order valence-electron chi connectivity index (χ0n) is 11.5. The largest absolute Gasteiger partial charge is 0.379 e. The van der Waals surface area contributed by atoms with E-state index in [1.165, 1.54) is 0 Å². The summed E-state index contributed by atoms with van der Waals surface area (Å²) >= 11 is 0. The molecule has 4 heteroatoms. The fourth-order valence-electron chi connectivity index (χ4n) is 2.47. The SMILES string of the molecule is COC(C)(C)CC(C)NC(=O)C1(N)CCCC1. The molecule has 0 aromatic carbocycles. The molecule has 1 rings (SSSR count). The van der Waals surface area contributed by atoms with Gasteiger partial charge in [-0.15, -0.1) is 0 Å². The average molecular weight is 242 g/mol. The zero-order valence-corrected chi connectivity index (χ0v) is 11.5. The van der Waals surface area contributed by atoms with Crippen LogP contribution in [0, 0.1) is 0 Å². The number of nitrogens with one attached hydrogen (secondary N) is 1. The van der Waals surface area contributed by atoms with Crippen molar-refractivity contribution in [1.82, 2.24) is 5.32 Å². The molecule has 0 aliphatic heterocycles. The van der Waals surface area contributed by atoms with Crippen LogP contribution in [0.4, 0.5) is 0 Å². The molecule has 1 aliphatic rings. The molecule has 1 atom stereocenters. The maximum Gasteiger partial charge on any atom is 0.240 e. The predicted molar refractivity (Wildman–Crippen MR) is 68.7 cm³/mol. The Morgan fingerprint density at radius 3 is 2.47 bits per heavy atom. The number of carbonyl (C=O) groups excluding carboxylic acids is 1. The number of methoxy groups -OCH3 is 1. The molecule has 4 nitrogen and oxygen atoms in total. The maximum absolute atomic E-state index is 12.1. The van der Waals surface area contributed by atoms with Crippen molar-refractivity contribution in [2.45, 2.75) is 70.1 Å². The fourth-order valence-corrected chi connectivity index (χ4v) is 2.47. The summed E-state index contributed by atoms with van der Waals surface area (Å²) in [6, 6.07) is 0.0819. The summed E-state index contributed by atoms with van der Waals surface area (Å²) in [5.41, 5.74) is 5.25. The van der Waals surface area contributed by atoms with Crippen LogP contribution in [-0.2, 0) is 9.53 Å². The van der Waals surface area contributed by atoms with Gasteiger partial charge in [0.2, 0.25) is 5.91 Å². The van der Waals surface area contributed by atoms with E-state index in [-0.39, 0.29) is 17.6 Å². The molecule has 1 aliphatic carbocycles. The number of amides is 1. The molecule has 1 unspecified atom stereocenters. The molecule has 0 spiro atoms. The molecule has 0 bridgehead atoms. The first-order chi connectivity index (χ1) is 7.79. The van der Waals surface area contributed by atoms with Crippen LogP contribution in [0.2, 0.25) is 0 Å². The molecule has 0 radical (unpaired) electrons. The Bertz CT molecular complexity index is 271. The molecule has 0 heterocycles. The molecule has 0 aromatic rings. The predicted octanol–water partition coefficient (Wildman–Crippen LogP) is 1.58. The standard InChI is InChI=1S/C13H26N2O2/c1-10(9-12(2,3)17-4)15-11(16)13(14)7-5-6-8-13/h10H,5-9,14H2,1-4H3,(H,15,16). The van der Waals surface area contributed by atoms with Gasteiger partial charge in [-0.25, -0.2) is 0 Å². The summed E-state index contributed by atoms with van der Waals surface area (Å²) in [5, 5.41) is 3.01. The van der Waals surface area contributed by atoms with Gasteiger partial charge in [-0.05, 0) is 40.0 Å². The lowest BCUT2D eigenvalue weighted by molar-refractivity contribution is -0.127. The quantitative estimate of drug-likeness (QED) is 0.769. The van der Waals surface area contributed by atoms with Crippen LogP contribution < -0.4 is 11.1 Å². The topological polar surface area (TPSA) is 64.3 Å². The number of rotatable bonds is 5. The van der Waals surface area contributed by atoms with Gasteiger partial charge in [0.15, 0.2) is 0 Å². The smallest absolute Gasteiger partial charge is 0.240 e. The Kier molecular flexibility index (Phi) is 4.55. The van der Waals surface area contributed by atoms with Crippen molar-refractivity contribution in [3.8, 4) is 0 Å². The van der Waals surface area contributed by atoms with Gasteiger partial charge in [-0.3, -0.25) is 4.79 Å². The minimum Gasteiger partial charge on any atom is -0.379 e. The van der Waals surface area contributed by atoms with Crippen LogP contribution in [0.5, 0.6) is 0 Å². The second-order valence-electron chi connectivity index (χ2n) is 5.91. The number of carbonyl (C=O) groups is 1. The van der Waals surface area contributed by atoms with E-state index in [4.69, 9.17) is 10.5 Å². The summed E-state index contributed by atoms with van der Waals surface area (Å²) in [5.74, 6) is -0.00518. The van der Waals surface area contributed by atoms with Crippen molar-refractivity contribution < 1.29 is 9.53 Å². The van der Waals surface area contributed by atoms with Gasteiger partial charge in [-0.1, -0.05) is 12.8 Å². The first-order valence-electron chi connectivity index (χ1n) is 6.44. The van der Waals surface area contributed by atoms with Crippen LogP contribution in [-0.4, -0.2) is 30.2 Å². The van der Waals surface area contributed by atoms with E-state index < -0.39 is 5.54 Å². The lowest BCUT2D eigenvalue weighted by atomic mass is 9.95. The number of hydrogen-bond acceptors (Lipinski definition) is 3. The van der Waals surface area contributed by atoms with E-state index in [0.717, 1.165) is 32.1 Å². The minimum atomic E-state index is -0.633. The van der Waals surface area contributed by atoms with E-state index in [2.05, 4.69) is 5.32 Å². The Morgan fingerprint density at radius 2 is 2.00 bits per heavy atom. The van der Waals surface area contributed by atoms with Crippen molar-refractivity contribution in [3.63, 3.8) is 0 Å².